The van der Waals surface area contributed by atoms with E-state index in [0.29, 0.717) is 19.8 Å². The van der Waals surface area contributed by atoms with Crippen molar-refractivity contribution in [2.45, 2.75) is 18.9 Å². The summed E-state index contributed by atoms with van der Waals surface area (Å²) in [5.74, 6) is 1.01. The smallest absolute Gasteiger partial charge is 0.125 e. The molecule has 19 heavy (non-hydrogen) atoms. The molecule has 1 aromatic rings. The van der Waals surface area contributed by atoms with E-state index in [9.17, 15) is 0 Å². The molecule has 0 fully saturated rings. The first kappa shape index (κ1) is 14.8. The summed E-state index contributed by atoms with van der Waals surface area (Å²) in [5.41, 5.74) is 8.51. The average molecular weight is 330 g/mol. The second kappa shape index (κ2) is 7.24. The fourth-order valence-electron chi connectivity index (χ4n) is 2.22. The minimum Gasteiger partial charge on any atom is -0.493 e. The molecule has 0 saturated carbocycles. The van der Waals surface area contributed by atoms with Gasteiger partial charge in [0.1, 0.15) is 5.75 Å². The van der Waals surface area contributed by atoms with E-state index in [1.807, 2.05) is 0 Å². The van der Waals surface area contributed by atoms with Gasteiger partial charge in [0.2, 0.25) is 0 Å². The van der Waals surface area contributed by atoms with Crippen LogP contribution in [0.4, 0.5) is 0 Å². The van der Waals surface area contributed by atoms with Crippen molar-refractivity contribution in [2.75, 3.05) is 33.5 Å². The zero-order chi connectivity index (χ0) is 13.7. The number of benzene rings is 1. The summed E-state index contributed by atoms with van der Waals surface area (Å²) in [6.07, 6.45) is 1.73. The van der Waals surface area contributed by atoms with Gasteiger partial charge in [-0.05, 0) is 29.7 Å². The Morgan fingerprint density at radius 1 is 1.42 bits per heavy atom. The molecular weight excluding hydrogens is 310 g/mol. The van der Waals surface area contributed by atoms with Crippen LogP contribution >= 0.6 is 15.9 Å². The Labute approximate surface area is 122 Å². The van der Waals surface area contributed by atoms with Crippen molar-refractivity contribution in [3.63, 3.8) is 0 Å². The number of hydrogen-bond acceptors (Lipinski definition) is 4. The highest BCUT2D eigenvalue weighted by Crippen LogP contribution is 2.33. The molecule has 5 heteroatoms. The Morgan fingerprint density at radius 3 is 3.05 bits per heavy atom. The minimum absolute atomic E-state index is 0.0283. The van der Waals surface area contributed by atoms with Crippen LogP contribution in [0, 0.1) is 0 Å². The number of rotatable bonds is 7. The van der Waals surface area contributed by atoms with Gasteiger partial charge in [-0.2, -0.15) is 0 Å². The second-order valence-electron chi connectivity index (χ2n) is 4.68. The summed E-state index contributed by atoms with van der Waals surface area (Å²) in [7, 11) is 1.66. The Hall–Kier alpha value is -0.620. The maximum Gasteiger partial charge on any atom is 0.125 e. The van der Waals surface area contributed by atoms with E-state index < -0.39 is 0 Å². The molecule has 0 amide bonds. The molecule has 106 valence electrons. The van der Waals surface area contributed by atoms with Gasteiger partial charge in [0.05, 0.1) is 26.4 Å². The van der Waals surface area contributed by atoms with E-state index in [1.54, 1.807) is 7.11 Å². The summed E-state index contributed by atoms with van der Waals surface area (Å²) in [6.45, 7) is 2.47. The highest BCUT2D eigenvalue weighted by atomic mass is 79.9. The number of fused-ring (bicyclic) bond motifs is 1. The lowest BCUT2D eigenvalue weighted by Gasteiger charge is -2.15. The number of halogens is 1. The van der Waals surface area contributed by atoms with Crippen LogP contribution in [-0.2, 0) is 22.3 Å². The molecule has 1 heterocycles. The van der Waals surface area contributed by atoms with Crippen LogP contribution < -0.4 is 10.5 Å². The summed E-state index contributed by atoms with van der Waals surface area (Å²) in [4.78, 5) is 0. The fourth-order valence-corrected chi connectivity index (χ4v) is 2.77. The quantitative estimate of drug-likeness (QED) is 0.776. The third-order valence-electron chi connectivity index (χ3n) is 3.07. The molecular formula is C14H20BrNO3. The molecule has 1 aliphatic heterocycles. The average Bonchev–Trinajstić information content (AvgIpc) is 2.82. The van der Waals surface area contributed by atoms with Crippen molar-refractivity contribution in [2.24, 2.45) is 5.73 Å². The number of hydrogen-bond donors (Lipinski definition) is 1. The van der Waals surface area contributed by atoms with Gasteiger partial charge >= 0.3 is 0 Å². The highest BCUT2D eigenvalue weighted by Gasteiger charge is 2.19. The Morgan fingerprint density at radius 2 is 2.26 bits per heavy atom. The third-order valence-corrected chi connectivity index (χ3v) is 3.53. The van der Waals surface area contributed by atoms with Gasteiger partial charge in [-0.1, -0.05) is 15.9 Å². The van der Waals surface area contributed by atoms with Crippen LogP contribution in [-0.4, -0.2) is 39.6 Å². The lowest BCUT2D eigenvalue weighted by Crippen LogP contribution is -2.29. The lowest BCUT2D eigenvalue weighted by atomic mass is 10.0. The largest absolute Gasteiger partial charge is 0.493 e. The molecule has 0 aliphatic carbocycles. The Balaban J connectivity index is 1.92. The third kappa shape index (κ3) is 4.18. The lowest BCUT2D eigenvalue weighted by molar-refractivity contribution is 0.0636. The van der Waals surface area contributed by atoms with Gasteiger partial charge in [-0.3, -0.25) is 0 Å². The molecule has 1 atom stereocenters. The zero-order valence-electron chi connectivity index (χ0n) is 11.2. The predicted octanol–water partition coefficient (Wildman–Crippen LogP) is 1.92. The number of methoxy groups -OCH3 is 1. The SMILES string of the molecule is COCCOCC(N)Cc1cc(Br)cc2c1OCC2. The van der Waals surface area contributed by atoms with Gasteiger partial charge in [0.25, 0.3) is 0 Å². The van der Waals surface area contributed by atoms with E-state index in [1.165, 1.54) is 5.56 Å². The van der Waals surface area contributed by atoms with E-state index >= 15 is 0 Å². The molecule has 1 aromatic carbocycles. The second-order valence-corrected chi connectivity index (χ2v) is 5.60. The molecule has 2 N–H and O–H groups in total. The van der Waals surface area contributed by atoms with Crippen LogP contribution in [0.15, 0.2) is 16.6 Å². The number of ether oxygens (including phenoxy) is 3. The summed E-state index contributed by atoms with van der Waals surface area (Å²) >= 11 is 3.53. The topological polar surface area (TPSA) is 53.7 Å². The van der Waals surface area contributed by atoms with Crippen LogP contribution in [0.1, 0.15) is 11.1 Å². The van der Waals surface area contributed by atoms with Crippen LogP contribution in [0.3, 0.4) is 0 Å². The van der Waals surface area contributed by atoms with Crippen molar-refractivity contribution in [1.29, 1.82) is 0 Å². The first-order chi connectivity index (χ1) is 9.20. The summed E-state index contributed by atoms with van der Waals surface area (Å²) in [6, 6.07) is 4.17. The van der Waals surface area contributed by atoms with Gasteiger partial charge in [-0.25, -0.2) is 0 Å². The Kier molecular flexibility index (Phi) is 5.63. The maximum absolute atomic E-state index is 6.10. The van der Waals surface area contributed by atoms with Gasteiger partial charge < -0.3 is 19.9 Å². The van der Waals surface area contributed by atoms with E-state index in [-0.39, 0.29) is 6.04 Å². The fraction of sp³-hybridized carbons (Fsp3) is 0.571. The molecule has 0 aromatic heterocycles. The van der Waals surface area contributed by atoms with Crippen molar-refractivity contribution in [3.8, 4) is 5.75 Å². The van der Waals surface area contributed by atoms with Crippen LogP contribution in [0.2, 0.25) is 0 Å². The van der Waals surface area contributed by atoms with E-state index in [0.717, 1.165) is 35.2 Å². The molecule has 0 saturated heterocycles. The van der Waals surface area contributed by atoms with Crippen LogP contribution in [0.5, 0.6) is 5.75 Å². The van der Waals surface area contributed by atoms with Crippen molar-refractivity contribution < 1.29 is 14.2 Å². The minimum atomic E-state index is -0.0283. The molecule has 1 unspecified atom stereocenters. The molecule has 2 rings (SSSR count). The molecule has 1 aliphatic rings. The highest BCUT2D eigenvalue weighted by molar-refractivity contribution is 9.10. The van der Waals surface area contributed by atoms with Gasteiger partial charge in [0, 0.05) is 24.0 Å². The van der Waals surface area contributed by atoms with Gasteiger partial charge in [-0.15, -0.1) is 0 Å². The van der Waals surface area contributed by atoms with Crippen molar-refractivity contribution >= 4 is 15.9 Å². The van der Waals surface area contributed by atoms with Crippen molar-refractivity contribution in [1.82, 2.24) is 0 Å². The summed E-state index contributed by atoms with van der Waals surface area (Å²) < 4.78 is 17.2. The van der Waals surface area contributed by atoms with Crippen molar-refractivity contribution in [3.05, 3.63) is 27.7 Å². The first-order valence-corrected chi connectivity index (χ1v) is 7.26. The first-order valence-electron chi connectivity index (χ1n) is 6.47. The van der Waals surface area contributed by atoms with E-state index in [4.69, 9.17) is 19.9 Å². The molecule has 0 bridgehead atoms. The van der Waals surface area contributed by atoms with Crippen LogP contribution in [0.25, 0.3) is 0 Å². The maximum atomic E-state index is 6.10. The standard InChI is InChI=1S/C14H20BrNO3/c1-17-4-5-18-9-13(16)8-11-7-12(15)6-10-2-3-19-14(10)11/h6-7,13H,2-5,8-9,16H2,1H3. The molecule has 4 nitrogen and oxygen atoms in total. The van der Waals surface area contributed by atoms with E-state index in [2.05, 4.69) is 28.1 Å². The molecule has 0 radical (unpaired) electrons. The van der Waals surface area contributed by atoms with Gasteiger partial charge in [0.15, 0.2) is 0 Å². The molecule has 0 spiro atoms. The summed E-state index contributed by atoms with van der Waals surface area (Å²) in [5, 5.41) is 0. The normalized spacial score (nSPS) is 15.1. The number of nitrogens with two attached hydrogens (primary N) is 1. The predicted molar refractivity (Wildman–Crippen MR) is 77.7 cm³/mol. The zero-order valence-corrected chi connectivity index (χ0v) is 12.7. The monoisotopic (exact) mass is 329 g/mol. The Bertz CT molecular complexity index is 425.